The Morgan fingerprint density at radius 1 is 1.11 bits per heavy atom. The average Bonchev–Trinajstić information content (AvgIpc) is 3.23. The molecule has 0 aliphatic carbocycles. The van der Waals surface area contributed by atoms with Crippen molar-refractivity contribution in [2.75, 3.05) is 33.3 Å². The molecule has 3 heterocycles. The SMILES string of the molecule is CCOc1cc2nccc(Oc3ccc4[nH]c(C)cc4c3F)c2cc1OC(=O)N1CCN(C)C[C@H]1C. The van der Waals surface area contributed by atoms with Crippen molar-refractivity contribution in [3.8, 4) is 23.0 Å². The van der Waals surface area contributed by atoms with Crippen molar-refractivity contribution < 1.29 is 23.4 Å². The summed E-state index contributed by atoms with van der Waals surface area (Å²) in [6.07, 6.45) is 1.14. The molecule has 0 unspecified atom stereocenters. The molecule has 8 nitrogen and oxygen atoms in total. The van der Waals surface area contributed by atoms with Crippen LogP contribution >= 0.6 is 0 Å². The smallest absolute Gasteiger partial charge is 0.415 e. The van der Waals surface area contributed by atoms with Gasteiger partial charge in [-0.3, -0.25) is 4.98 Å². The first-order valence-corrected chi connectivity index (χ1v) is 12.0. The Labute approximate surface area is 208 Å². The Kier molecular flexibility index (Phi) is 6.40. The van der Waals surface area contributed by atoms with Crippen LogP contribution in [0.25, 0.3) is 21.8 Å². The molecule has 0 radical (unpaired) electrons. The number of likely N-dealkylation sites (N-methyl/N-ethyl adjacent to an activating group) is 1. The number of nitrogens with one attached hydrogen (secondary N) is 1. The summed E-state index contributed by atoms with van der Waals surface area (Å²) in [5.41, 5.74) is 2.13. The molecule has 2 aromatic heterocycles. The number of aromatic amines is 1. The fourth-order valence-electron chi connectivity index (χ4n) is 4.61. The number of benzene rings is 2. The van der Waals surface area contributed by atoms with Gasteiger partial charge in [-0.05, 0) is 58.2 Å². The first-order valence-electron chi connectivity index (χ1n) is 12.0. The molecule has 0 saturated carbocycles. The maximum atomic E-state index is 15.2. The van der Waals surface area contributed by atoms with Crippen molar-refractivity contribution in [3.63, 3.8) is 0 Å². The number of piperazine rings is 1. The van der Waals surface area contributed by atoms with Crippen LogP contribution in [0.5, 0.6) is 23.0 Å². The molecular formula is C27H29FN4O4. The Morgan fingerprint density at radius 2 is 1.94 bits per heavy atom. The number of amides is 1. The van der Waals surface area contributed by atoms with Gasteiger partial charge in [0.25, 0.3) is 0 Å². The van der Waals surface area contributed by atoms with Gasteiger partial charge in [0.1, 0.15) is 5.75 Å². The van der Waals surface area contributed by atoms with Crippen molar-refractivity contribution in [2.24, 2.45) is 0 Å². The Balaban J connectivity index is 1.50. The standard InChI is InChI=1S/C27H29FN4O4/c1-5-34-24-14-21-18(13-25(24)36-27(33)32-11-10-31(4)15-17(32)3)22(8-9-29-21)35-23-7-6-20-19(26(23)28)12-16(2)30-20/h6-9,12-14,17,30H,5,10-11,15H2,1-4H3/t17-/m1/s1. The van der Waals surface area contributed by atoms with Crippen LogP contribution in [-0.2, 0) is 0 Å². The number of aryl methyl sites for hydroxylation is 1. The van der Waals surface area contributed by atoms with Gasteiger partial charge >= 0.3 is 6.09 Å². The quantitative estimate of drug-likeness (QED) is 0.397. The topological polar surface area (TPSA) is 79.9 Å². The Bertz CT molecular complexity index is 1440. The first kappa shape index (κ1) is 23.9. The number of halogens is 1. The number of pyridine rings is 1. The number of carbonyl (C=O) groups is 1. The number of hydrogen-bond donors (Lipinski definition) is 1. The zero-order chi connectivity index (χ0) is 25.4. The molecule has 5 rings (SSSR count). The summed E-state index contributed by atoms with van der Waals surface area (Å²) in [4.78, 5) is 24.5. The number of hydrogen-bond acceptors (Lipinski definition) is 6. The van der Waals surface area contributed by atoms with Gasteiger partial charge in [0.2, 0.25) is 0 Å². The van der Waals surface area contributed by atoms with E-state index in [1.807, 2.05) is 27.8 Å². The van der Waals surface area contributed by atoms with Crippen LogP contribution in [0.2, 0.25) is 0 Å². The Morgan fingerprint density at radius 3 is 2.72 bits per heavy atom. The summed E-state index contributed by atoms with van der Waals surface area (Å²) in [5, 5.41) is 1.03. The van der Waals surface area contributed by atoms with E-state index in [0.29, 0.717) is 46.5 Å². The predicted octanol–water partition coefficient (Wildman–Crippen LogP) is 5.49. The molecule has 1 saturated heterocycles. The minimum atomic E-state index is -0.455. The van der Waals surface area contributed by atoms with E-state index in [-0.39, 0.29) is 17.5 Å². The van der Waals surface area contributed by atoms with E-state index in [0.717, 1.165) is 18.8 Å². The summed E-state index contributed by atoms with van der Waals surface area (Å²) < 4.78 is 32.8. The number of aromatic nitrogens is 2. The third-order valence-corrected chi connectivity index (χ3v) is 6.39. The van der Waals surface area contributed by atoms with Crippen LogP contribution in [-0.4, -0.2) is 65.2 Å². The van der Waals surface area contributed by atoms with Gasteiger partial charge in [-0.15, -0.1) is 0 Å². The van der Waals surface area contributed by atoms with Gasteiger partial charge in [-0.25, -0.2) is 9.18 Å². The monoisotopic (exact) mass is 492 g/mol. The highest BCUT2D eigenvalue weighted by Gasteiger charge is 2.28. The zero-order valence-corrected chi connectivity index (χ0v) is 20.8. The third kappa shape index (κ3) is 4.54. The number of fused-ring (bicyclic) bond motifs is 2. The lowest BCUT2D eigenvalue weighted by molar-refractivity contribution is 0.0884. The Hall–Kier alpha value is -3.85. The number of carbonyl (C=O) groups excluding carboxylic acids is 1. The summed E-state index contributed by atoms with van der Waals surface area (Å²) >= 11 is 0. The molecule has 1 amide bonds. The molecule has 4 aromatic rings. The van der Waals surface area contributed by atoms with E-state index < -0.39 is 11.9 Å². The lowest BCUT2D eigenvalue weighted by atomic mass is 10.1. The second-order valence-electron chi connectivity index (χ2n) is 9.12. The van der Waals surface area contributed by atoms with Gasteiger partial charge in [0, 0.05) is 59.9 Å². The van der Waals surface area contributed by atoms with Crippen molar-refractivity contribution >= 4 is 27.9 Å². The van der Waals surface area contributed by atoms with Crippen LogP contribution < -0.4 is 14.2 Å². The van der Waals surface area contributed by atoms with Crippen LogP contribution in [0.15, 0.2) is 42.6 Å². The summed E-state index contributed by atoms with van der Waals surface area (Å²) in [6.45, 7) is 8.22. The number of H-pyrrole nitrogens is 1. The molecule has 1 aliphatic heterocycles. The van der Waals surface area contributed by atoms with Crippen LogP contribution in [0.4, 0.5) is 9.18 Å². The molecule has 2 aromatic carbocycles. The lowest BCUT2D eigenvalue weighted by Crippen LogP contribution is -2.53. The van der Waals surface area contributed by atoms with E-state index in [1.54, 1.807) is 47.5 Å². The van der Waals surface area contributed by atoms with Crippen LogP contribution in [0, 0.1) is 12.7 Å². The highest BCUT2D eigenvalue weighted by atomic mass is 19.1. The van der Waals surface area contributed by atoms with Crippen LogP contribution in [0.3, 0.4) is 0 Å². The predicted molar refractivity (Wildman–Crippen MR) is 136 cm³/mol. The fraction of sp³-hybridized carbons (Fsp3) is 0.333. The van der Waals surface area contributed by atoms with Crippen molar-refractivity contribution in [1.82, 2.24) is 19.8 Å². The largest absolute Gasteiger partial charge is 0.490 e. The minimum Gasteiger partial charge on any atom is -0.490 e. The fourth-order valence-corrected chi connectivity index (χ4v) is 4.61. The number of rotatable bonds is 5. The van der Waals surface area contributed by atoms with E-state index in [1.165, 1.54) is 0 Å². The third-order valence-electron chi connectivity index (χ3n) is 6.39. The van der Waals surface area contributed by atoms with Crippen molar-refractivity contribution in [2.45, 2.75) is 26.8 Å². The summed E-state index contributed by atoms with van der Waals surface area (Å²) in [6, 6.07) is 10.2. The van der Waals surface area contributed by atoms with Crippen molar-refractivity contribution in [1.29, 1.82) is 0 Å². The van der Waals surface area contributed by atoms with Gasteiger partial charge in [-0.1, -0.05) is 0 Å². The highest BCUT2D eigenvalue weighted by Crippen LogP contribution is 2.39. The van der Waals surface area contributed by atoms with Crippen molar-refractivity contribution in [3.05, 3.63) is 54.1 Å². The average molecular weight is 493 g/mol. The highest BCUT2D eigenvalue weighted by molar-refractivity contribution is 5.90. The molecule has 1 N–H and O–H groups in total. The van der Waals surface area contributed by atoms with Gasteiger partial charge in [-0.2, -0.15) is 0 Å². The maximum absolute atomic E-state index is 15.2. The molecule has 188 valence electrons. The number of ether oxygens (including phenoxy) is 3. The maximum Gasteiger partial charge on any atom is 0.415 e. The number of nitrogens with zero attached hydrogens (tertiary/aromatic N) is 3. The normalized spacial score (nSPS) is 16.5. The van der Waals surface area contributed by atoms with E-state index in [9.17, 15) is 4.79 Å². The molecule has 9 heteroatoms. The molecular weight excluding hydrogens is 463 g/mol. The molecule has 1 aliphatic rings. The van der Waals surface area contributed by atoms with E-state index >= 15 is 4.39 Å². The van der Waals surface area contributed by atoms with Crippen LogP contribution in [0.1, 0.15) is 19.5 Å². The zero-order valence-electron chi connectivity index (χ0n) is 20.8. The van der Waals surface area contributed by atoms with E-state index in [4.69, 9.17) is 14.2 Å². The molecule has 1 fully saturated rings. The minimum absolute atomic E-state index is 0.0165. The molecule has 0 bridgehead atoms. The van der Waals surface area contributed by atoms with Gasteiger partial charge < -0.3 is 29.0 Å². The lowest BCUT2D eigenvalue weighted by Gasteiger charge is -2.37. The second kappa shape index (κ2) is 9.66. The summed E-state index contributed by atoms with van der Waals surface area (Å²) in [7, 11) is 2.03. The molecule has 1 atom stereocenters. The molecule has 0 spiro atoms. The van der Waals surface area contributed by atoms with E-state index in [2.05, 4.69) is 14.9 Å². The summed E-state index contributed by atoms with van der Waals surface area (Å²) in [5.74, 6) is 0.686. The molecule has 36 heavy (non-hydrogen) atoms. The van der Waals surface area contributed by atoms with Gasteiger partial charge in [0.15, 0.2) is 23.1 Å². The second-order valence-corrected chi connectivity index (χ2v) is 9.12. The van der Waals surface area contributed by atoms with Gasteiger partial charge in [0.05, 0.1) is 12.1 Å². The first-order chi connectivity index (χ1) is 17.3.